The molecule has 0 aliphatic heterocycles. The standard InChI is InChI=1S/C13H16N2O6/c1-4-13(2,12(17)18)14-11(16)9-6-5-8(15(19)20)7-10(9)21-3/h5-7H,4H2,1-3H3,(H,14,16)(H,17,18). The van der Waals surface area contributed by atoms with Crippen molar-refractivity contribution in [3.05, 3.63) is 33.9 Å². The molecule has 0 bridgehead atoms. The van der Waals surface area contributed by atoms with E-state index in [0.29, 0.717) is 0 Å². The molecule has 0 fully saturated rings. The molecule has 114 valence electrons. The van der Waals surface area contributed by atoms with Gasteiger partial charge in [-0.25, -0.2) is 4.79 Å². The van der Waals surface area contributed by atoms with Crippen molar-refractivity contribution in [2.75, 3.05) is 7.11 Å². The van der Waals surface area contributed by atoms with Crippen LogP contribution in [0.15, 0.2) is 18.2 Å². The third-order valence-corrected chi connectivity index (χ3v) is 3.21. The maximum atomic E-state index is 12.2. The Balaban J connectivity index is 3.13. The van der Waals surface area contributed by atoms with Gasteiger partial charge in [0.25, 0.3) is 11.6 Å². The summed E-state index contributed by atoms with van der Waals surface area (Å²) in [4.78, 5) is 33.4. The molecule has 0 aromatic heterocycles. The normalized spacial score (nSPS) is 13.1. The Hall–Kier alpha value is -2.64. The molecular formula is C13H16N2O6. The molecule has 21 heavy (non-hydrogen) atoms. The molecular weight excluding hydrogens is 280 g/mol. The molecule has 8 heteroatoms. The van der Waals surface area contributed by atoms with E-state index < -0.39 is 22.3 Å². The number of nitro groups is 1. The molecule has 0 spiro atoms. The second-order valence-corrected chi connectivity index (χ2v) is 4.59. The van der Waals surface area contributed by atoms with Gasteiger partial charge in [0.05, 0.1) is 23.7 Å². The lowest BCUT2D eigenvalue weighted by atomic mass is 9.98. The van der Waals surface area contributed by atoms with Crippen LogP contribution in [0.25, 0.3) is 0 Å². The molecule has 0 saturated heterocycles. The molecule has 8 nitrogen and oxygen atoms in total. The van der Waals surface area contributed by atoms with Crippen LogP contribution in [0.4, 0.5) is 5.69 Å². The van der Waals surface area contributed by atoms with Crippen molar-refractivity contribution in [2.45, 2.75) is 25.8 Å². The highest BCUT2D eigenvalue weighted by molar-refractivity contribution is 6.00. The van der Waals surface area contributed by atoms with Crippen LogP contribution in [0.5, 0.6) is 5.75 Å². The fourth-order valence-electron chi connectivity index (χ4n) is 1.59. The quantitative estimate of drug-likeness (QED) is 0.607. The molecule has 1 unspecified atom stereocenters. The molecule has 0 aliphatic carbocycles. The summed E-state index contributed by atoms with van der Waals surface area (Å²) in [7, 11) is 1.27. The lowest BCUT2D eigenvalue weighted by Gasteiger charge is -2.24. The predicted octanol–water partition coefficient (Wildman–Crippen LogP) is 1.59. The molecule has 1 atom stereocenters. The number of ether oxygens (including phenoxy) is 1. The lowest BCUT2D eigenvalue weighted by Crippen LogP contribution is -2.51. The average Bonchev–Trinajstić information content (AvgIpc) is 2.45. The van der Waals surface area contributed by atoms with Crippen LogP contribution in [-0.2, 0) is 4.79 Å². The van der Waals surface area contributed by atoms with Gasteiger partial charge >= 0.3 is 5.97 Å². The number of carboxylic acids is 1. The van der Waals surface area contributed by atoms with Crippen molar-refractivity contribution in [3.63, 3.8) is 0 Å². The number of amides is 1. The first-order valence-corrected chi connectivity index (χ1v) is 6.13. The van der Waals surface area contributed by atoms with E-state index in [1.807, 2.05) is 0 Å². The van der Waals surface area contributed by atoms with Crippen LogP contribution in [-0.4, -0.2) is 34.6 Å². The van der Waals surface area contributed by atoms with Crippen LogP contribution >= 0.6 is 0 Å². The number of nitrogens with one attached hydrogen (secondary N) is 1. The fourth-order valence-corrected chi connectivity index (χ4v) is 1.59. The van der Waals surface area contributed by atoms with E-state index in [1.54, 1.807) is 6.92 Å². The highest BCUT2D eigenvalue weighted by atomic mass is 16.6. The highest BCUT2D eigenvalue weighted by Crippen LogP contribution is 2.25. The summed E-state index contributed by atoms with van der Waals surface area (Å²) < 4.78 is 4.95. The molecule has 1 amide bonds. The Morgan fingerprint density at radius 3 is 2.52 bits per heavy atom. The largest absolute Gasteiger partial charge is 0.496 e. The van der Waals surface area contributed by atoms with Crippen molar-refractivity contribution < 1.29 is 24.4 Å². The van der Waals surface area contributed by atoms with Gasteiger partial charge < -0.3 is 15.2 Å². The maximum absolute atomic E-state index is 12.2. The van der Waals surface area contributed by atoms with E-state index in [1.165, 1.54) is 20.1 Å². The number of nitrogens with zero attached hydrogens (tertiary/aromatic N) is 1. The zero-order chi connectivity index (χ0) is 16.2. The van der Waals surface area contributed by atoms with Crippen LogP contribution in [0.3, 0.4) is 0 Å². The number of methoxy groups -OCH3 is 1. The summed E-state index contributed by atoms with van der Waals surface area (Å²) in [6.07, 6.45) is 0.184. The fraction of sp³-hybridized carbons (Fsp3) is 0.385. The van der Waals surface area contributed by atoms with E-state index in [9.17, 15) is 19.7 Å². The minimum absolute atomic E-state index is 0.00513. The van der Waals surface area contributed by atoms with Crippen LogP contribution in [0.1, 0.15) is 30.6 Å². The Morgan fingerprint density at radius 1 is 1.48 bits per heavy atom. The summed E-state index contributed by atoms with van der Waals surface area (Å²) in [6, 6.07) is 3.49. The SMILES string of the molecule is CCC(C)(NC(=O)c1ccc([N+](=O)[O-])cc1OC)C(=O)O. The number of benzene rings is 1. The Kier molecular flexibility index (Phi) is 4.85. The number of hydrogen-bond donors (Lipinski definition) is 2. The summed E-state index contributed by atoms with van der Waals surface area (Å²) in [5, 5.41) is 22.2. The Bertz CT molecular complexity index is 586. The lowest BCUT2D eigenvalue weighted by molar-refractivity contribution is -0.384. The molecule has 0 aliphatic rings. The second-order valence-electron chi connectivity index (χ2n) is 4.59. The summed E-state index contributed by atoms with van der Waals surface area (Å²) in [5.74, 6) is -1.83. The molecule has 0 radical (unpaired) electrons. The van der Waals surface area contributed by atoms with Crippen molar-refractivity contribution in [3.8, 4) is 5.75 Å². The zero-order valence-electron chi connectivity index (χ0n) is 11.9. The van der Waals surface area contributed by atoms with Crippen LogP contribution in [0.2, 0.25) is 0 Å². The minimum Gasteiger partial charge on any atom is -0.496 e. The molecule has 0 heterocycles. The third-order valence-electron chi connectivity index (χ3n) is 3.21. The number of non-ortho nitro benzene ring substituents is 1. The van der Waals surface area contributed by atoms with Gasteiger partial charge in [0.1, 0.15) is 11.3 Å². The second kappa shape index (κ2) is 6.21. The van der Waals surface area contributed by atoms with E-state index in [2.05, 4.69) is 5.32 Å². The van der Waals surface area contributed by atoms with Crippen molar-refractivity contribution in [1.82, 2.24) is 5.32 Å². The van der Waals surface area contributed by atoms with E-state index in [0.717, 1.165) is 12.1 Å². The first-order valence-electron chi connectivity index (χ1n) is 6.13. The highest BCUT2D eigenvalue weighted by Gasteiger charge is 2.33. The molecule has 1 rings (SSSR count). The predicted molar refractivity (Wildman–Crippen MR) is 73.4 cm³/mol. The van der Waals surface area contributed by atoms with Gasteiger partial charge in [-0.05, 0) is 19.4 Å². The van der Waals surface area contributed by atoms with Crippen LogP contribution < -0.4 is 10.1 Å². The molecule has 0 saturated carbocycles. The van der Waals surface area contributed by atoms with Gasteiger partial charge in [-0.1, -0.05) is 6.92 Å². The topological polar surface area (TPSA) is 119 Å². The number of carboxylic acid groups (broad SMARTS) is 1. The molecule has 2 N–H and O–H groups in total. The monoisotopic (exact) mass is 296 g/mol. The maximum Gasteiger partial charge on any atom is 0.329 e. The molecule has 1 aromatic carbocycles. The van der Waals surface area contributed by atoms with Crippen molar-refractivity contribution in [1.29, 1.82) is 0 Å². The molecule has 1 aromatic rings. The van der Waals surface area contributed by atoms with E-state index in [4.69, 9.17) is 9.84 Å². The summed E-state index contributed by atoms with van der Waals surface area (Å²) in [5.41, 5.74) is -1.62. The van der Waals surface area contributed by atoms with Gasteiger partial charge in [0.15, 0.2) is 0 Å². The first-order chi connectivity index (χ1) is 9.75. The zero-order valence-corrected chi connectivity index (χ0v) is 11.9. The summed E-state index contributed by atoms with van der Waals surface area (Å²) >= 11 is 0. The number of nitro benzene ring substituents is 1. The van der Waals surface area contributed by atoms with Gasteiger partial charge in [-0.3, -0.25) is 14.9 Å². The van der Waals surface area contributed by atoms with E-state index in [-0.39, 0.29) is 23.4 Å². The van der Waals surface area contributed by atoms with Gasteiger partial charge in [-0.15, -0.1) is 0 Å². The van der Waals surface area contributed by atoms with Gasteiger partial charge in [0.2, 0.25) is 0 Å². The van der Waals surface area contributed by atoms with E-state index >= 15 is 0 Å². The Labute approximate surface area is 120 Å². The number of aliphatic carboxylic acids is 1. The van der Waals surface area contributed by atoms with Crippen molar-refractivity contribution in [2.24, 2.45) is 0 Å². The number of hydrogen-bond acceptors (Lipinski definition) is 5. The van der Waals surface area contributed by atoms with Gasteiger partial charge in [0, 0.05) is 6.07 Å². The first kappa shape index (κ1) is 16.4. The third kappa shape index (κ3) is 3.47. The Morgan fingerprint density at radius 2 is 2.10 bits per heavy atom. The number of rotatable bonds is 6. The summed E-state index contributed by atoms with van der Waals surface area (Å²) in [6.45, 7) is 3.01. The number of carbonyl (C=O) groups excluding carboxylic acids is 1. The smallest absolute Gasteiger partial charge is 0.329 e. The number of carbonyl (C=O) groups is 2. The van der Waals surface area contributed by atoms with Crippen LogP contribution in [0, 0.1) is 10.1 Å². The average molecular weight is 296 g/mol. The van der Waals surface area contributed by atoms with Gasteiger partial charge in [-0.2, -0.15) is 0 Å². The minimum atomic E-state index is -1.43. The van der Waals surface area contributed by atoms with Crippen molar-refractivity contribution >= 4 is 17.6 Å².